The fourth-order valence-corrected chi connectivity index (χ4v) is 1.22. The summed E-state index contributed by atoms with van der Waals surface area (Å²) in [6.45, 7) is 7.66. The van der Waals surface area contributed by atoms with Crippen LogP contribution in [0.15, 0.2) is 11.6 Å². The van der Waals surface area contributed by atoms with E-state index in [1.807, 2.05) is 13.8 Å². The van der Waals surface area contributed by atoms with Crippen molar-refractivity contribution in [2.75, 3.05) is 6.67 Å². The Labute approximate surface area is 97.5 Å². The SMILES string of the molecule is C/C=C(/C)C(=O)NCNC(=O)C(C)CCC. The molecule has 0 bridgehead atoms. The summed E-state index contributed by atoms with van der Waals surface area (Å²) in [5, 5.41) is 5.30. The Hall–Kier alpha value is -1.32. The average molecular weight is 226 g/mol. The van der Waals surface area contributed by atoms with Crippen LogP contribution in [0.2, 0.25) is 0 Å². The lowest BCUT2D eigenvalue weighted by Crippen LogP contribution is -2.39. The summed E-state index contributed by atoms with van der Waals surface area (Å²) in [5.74, 6) is -0.157. The van der Waals surface area contributed by atoms with E-state index in [1.54, 1.807) is 19.9 Å². The Morgan fingerprint density at radius 3 is 2.44 bits per heavy atom. The van der Waals surface area contributed by atoms with Crippen molar-refractivity contribution in [3.63, 3.8) is 0 Å². The van der Waals surface area contributed by atoms with Crippen molar-refractivity contribution in [3.8, 4) is 0 Å². The maximum absolute atomic E-state index is 11.5. The molecule has 1 atom stereocenters. The van der Waals surface area contributed by atoms with E-state index in [0.717, 1.165) is 12.8 Å². The molecule has 4 nitrogen and oxygen atoms in total. The van der Waals surface area contributed by atoms with Gasteiger partial charge in [-0.1, -0.05) is 26.3 Å². The molecule has 0 heterocycles. The molecule has 0 aromatic carbocycles. The van der Waals surface area contributed by atoms with Gasteiger partial charge in [0.1, 0.15) is 0 Å². The molecule has 0 radical (unpaired) electrons. The van der Waals surface area contributed by atoms with Crippen LogP contribution >= 0.6 is 0 Å². The van der Waals surface area contributed by atoms with Crippen molar-refractivity contribution < 1.29 is 9.59 Å². The predicted octanol–water partition coefficient (Wildman–Crippen LogP) is 1.58. The fraction of sp³-hybridized carbons (Fsp3) is 0.667. The topological polar surface area (TPSA) is 58.2 Å². The van der Waals surface area contributed by atoms with Gasteiger partial charge in [-0.3, -0.25) is 9.59 Å². The van der Waals surface area contributed by atoms with Gasteiger partial charge in [0.25, 0.3) is 0 Å². The number of carbonyl (C=O) groups excluding carboxylic acids is 2. The van der Waals surface area contributed by atoms with Gasteiger partial charge in [-0.2, -0.15) is 0 Å². The highest BCUT2D eigenvalue weighted by Crippen LogP contribution is 2.03. The molecule has 4 heteroatoms. The summed E-state index contributed by atoms with van der Waals surface area (Å²) in [7, 11) is 0. The second-order valence-corrected chi connectivity index (χ2v) is 3.89. The van der Waals surface area contributed by atoms with Crippen LogP contribution in [-0.4, -0.2) is 18.5 Å². The third-order valence-electron chi connectivity index (χ3n) is 2.47. The van der Waals surface area contributed by atoms with Crippen LogP contribution in [0.1, 0.15) is 40.5 Å². The van der Waals surface area contributed by atoms with E-state index in [0.29, 0.717) is 5.57 Å². The van der Waals surface area contributed by atoms with Crippen LogP contribution in [-0.2, 0) is 9.59 Å². The molecule has 1 unspecified atom stereocenters. The summed E-state index contributed by atoms with van der Waals surface area (Å²) >= 11 is 0. The van der Waals surface area contributed by atoms with Crippen molar-refractivity contribution in [1.29, 1.82) is 0 Å². The Balaban J connectivity index is 3.82. The summed E-state index contributed by atoms with van der Waals surface area (Å²) in [4.78, 5) is 22.8. The van der Waals surface area contributed by atoms with E-state index in [1.165, 1.54) is 0 Å². The average Bonchev–Trinajstić information content (AvgIpc) is 2.27. The maximum Gasteiger partial charge on any atom is 0.247 e. The van der Waals surface area contributed by atoms with Gasteiger partial charge in [0.15, 0.2) is 0 Å². The minimum atomic E-state index is -0.147. The quantitative estimate of drug-likeness (QED) is 0.533. The zero-order valence-electron chi connectivity index (χ0n) is 10.6. The van der Waals surface area contributed by atoms with E-state index in [2.05, 4.69) is 10.6 Å². The minimum absolute atomic E-state index is 0.00437. The number of hydrogen-bond donors (Lipinski definition) is 2. The first-order chi connectivity index (χ1) is 7.52. The molecule has 92 valence electrons. The van der Waals surface area contributed by atoms with Gasteiger partial charge in [-0.05, 0) is 20.3 Å². The predicted molar refractivity (Wildman–Crippen MR) is 64.7 cm³/mol. The summed E-state index contributed by atoms with van der Waals surface area (Å²) < 4.78 is 0. The van der Waals surface area contributed by atoms with Gasteiger partial charge >= 0.3 is 0 Å². The maximum atomic E-state index is 11.5. The van der Waals surface area contributed by atoms with Crippen LogP contribution in [0.25, 0.3) is 0 Å². The Kier molecular flexibility index (Phi) is 7.25. The molecular weight excluding hydrogens is 204 g/mol. The van der Waals surface area contributed by atoms with Crippen molar-refractivity contribution >= 4 is 11.8 Å². The highest BCUT2D eigenvalue weighted by molar-refractivity contribution is 5.92. The van der Waals surface area contributed by atoms with Gasteiger partial charge in [-0.15, -0.1) is 0 Å². The van der Waals surface area contributed by atoms with Gasteiger partial charge in [-0.25, -0.2) is 0 Å². The van der Waals surface area contributed by atoms with Crippen molar-refractivity contribution in [3.05, 3.63) is 11.6 Å². The van der Waals surface area contributed by atoms with Gasteiger partial charge in [0, 0.05) is 11.5 Å². The minimum Gasteiger partial charge on any atom is -0.338 e. The highest BCUT2D eigenvalue weighted by Gasteiger charge is 2.11. The van der Waals surface area contributed by atoms with E-state index < -0.39 is 0 Å². The van der Waals surface area contributed by atoms with Crippen molar-refractivity contribution in [1.82, 2.24) is 10.6 Å². The first-order valence-corrected chi connectivity index (χ1v) is 5.71. The first-order valence-electron chi connectivity index (χ1n) is 5.71. The van der Waals surface area contributed by atoms with Gasteiger partial charge in [0.2, 0.25) is 11.8 Å². The lowest BCUT2D eigenvalue weighted by molar-refractivity contribution is -0.125. The number of allylic oxidation sites excluding steroid dienone is 1. The molecule has 0 saturated carbocycles. The Bertz CT molecular complexity index is 272. The molecule has 0 aliphatic carbocycles. The third kappa shape index (κ3) is 5.53. The molecule has 0 aromatic rings. The summed E-state index contributed by atoms with van der Waals surface area (Å²) in [6, 6.07) is 0. The van der Waals surface area contributed by atoms with Crippen LogP contribution in [0, 0.1) is 5.92 Å². The van der Waals surface area contributed by atoms with E-state index in [4.69, 9.17) is 0 Å². The molecule has 0 aliphatic heterocycles. The second kappa shape index (κ2) is 7.91. The molecule has 0 rings (SSSR count). The van der Waals surface area contributed by atoms with Gasteiger partial charge in [0.05, 0.1) is 6.67 Å². The van der Waals surface area contributed by atoms with Gasteiger partial charge < -0.3 is 10.6 Å². The highest BCUT2D eigenvalue weighted by atomic mass is 16.2. The molecule has 2 amide bonds. The molecule has 0 aliphatic rings. The summed E-state index contributed by atoms with van der Waals surface area (Å²) in [5.41, 5.74) is 0.649. The largest absolute Gasteiger partial charge is 0.338 e. The summed E-state index contributed by atoms with van der Waals surface area (Å²) in [6.07, 6.45) is 3.59. The van der Waals surface area contributed by atoms with E-state index in [-0.39, 0.29) is 24.4 Å². The van der Waals surface area contributed by atoms with Crippen molar-refractivity contribution in [2.45, 2.75) is 40.5 Å². The monoisotopic (exact) mass is 226 g/mol. The molecule has 0 spiro atoms. The first kappa shape index (κ1) is 14.7. The third-order valence-corrected chi connectivity index (χ3v) is 2.47. The van der Waals surface area contributed by atoms with Crippen molar-refractivity contribution in [2.24, 2.45) is 5.92 Å². The standard InChI is InChI=1S/C12H22N2O2/c1-5-7-10(4)12(16)14-8-13-11(15)9(3)6-2/h6,10H,5,7-8H2,1-4H3,(H,13,15)(H,14,16)/b9-6-. The molecular formula is C12H22N2O2. The molecule has 16 heavy (non-hydrogen) atoms. The number of rotatable bonds is 6. The molecule has 0 saturated heterocycles. The number of carbonyl (C=O) groups is 2. The lowest BCUT2D eigenvalue weighted by Gasteiger charge is -2.11. The molecule has 2 N–H and O–H groups in total. The van der Waals surface area contributed by atoms with E-state index >= 15 is 0 Å². The number of hydrogen-bond acceptors (Lipinski definition) is 2. The van der Waals surface area contributed by atoms with Crippen LogP contribution in [0.5, 0.6) is 0 Å². The van der Waals surface area contributed by atoms with Crippen LogP contribution < -0.4 is 10.6 Å². The second-order valence-electron chi connectivity index (χ2n) is 3.89. The number of amides is 2. The molecule has 0 fully saturated rings. The normalized spacial score (nSPS) is 13.1. The van der Waals surface area contributed by atoms with Crippen LogP contribution in [0.4, 0.5) is 0 Å². The number of nitrogens with one attached hydrogen (secondary N) is 2. The molecule has 0 aromatic heterocycles. The fourth-order valence-electron chi connectivity index (χ4n) is 1.22. The zero-order chi connectivity index (χ0) is 12.6. The Morgan fingerprint density at radius 1 is 1.31 bits per heavy atom. The Morgan fingerprint density at radius 2 is 1.94 bits per heavy atom. The van der Waals surface area contributed by atoms with E-state index in [9.17, 15) is 9.59 Å². The van der Waals surface area contributed by atoms with Crippen LogP contribution in [0.3, 0.4) is 0 Å². The smallest absolute Gasteiger partial charge is 0.247 e. The lowest BCUT2D eigenvalue weighted by atomic mass is 10.1. The zero-order valence-corrected chi connectivity index (χ0v) is 10.6.